The molecule has 2 aliphatic heterocycles. The molecule has 1 aromatic heterocycles. The number of rotatable bonds is 2. The van der Waals surface area contributed by atoms with Gasteiger partial charge in [-0.1, -0.05) is 0 Å². The van der Waals surface area contributed by atoms with Crippen LogP contribution in [-0.4, -0.2) is 63.3 Å². The van der Waals surface area contributed by atoms with Gasteiger partial charge in [0.25, 0.3) is 0 Å². The topological polar surface area (TPSA) is 90.5 Å². The Morgan fingerprint density at radius 1 is 1.62 bits per heavy atom. The average molecular weight is 294 g/mol. The molecule has 21 heavy (non-hydrogen) atoms. The number of aromatic amines is 1. The highest BCUT2D eigenvalue weighted by Crippen LogP contribution is 2.22. The second-order valence-corrected chi connectivity index (χ2v) is 6.37. The number of carbonyl (C=O) groups excluding carboxylic acids is 1. The van der Waals surface area contributed by atoms with Gasteiger partial charge < -0.3 is 19.7 Å². The maximum absolute atomic E-state index is 12.7. The van der Waals surface area contributed by atoms with Crippen molar-refractivity contribution in [1.82, 2.24) is 20.2 Å². The Kier molecular flexibility index (Phi) is 3.73. The number of H-pyrrole nitrogens is 1. The van der Waals surface area contributed by atoms with Crippen molar-refractivity contribution in [2.24, 2.45) is 0 Å². The highest BCUT2D eigenvalue weighted by Gasteiger charge is 2.38. The van der Waals surface area contributed by atoms with Gasteiger partial charge in [-0.05, 0) is 13.8 Å². The van der Waals surface area contributed by atoms with Gasteiger partial charge in [0.1, 0.15) is 0 Å². The van der Waals surface area contributed by atoms with Crippen LogP contribution in [0.15, 0.2) is 6.33 Å². The lowest BCUT2D eigenvalue weighted by Gasteiger charge is -2.43. The van der Waals surface area contributed by atoms with Gasteiger partial charge in [-0.25, -0.2) is 4.98 Å². The average Bonchev–Trinajstić information content (AvgIpc) is 2.92. The number of imidazole rings is 1. The third-order valence-corrected chi connectivity index (χ3v) is 4.02. The fourth-order valence-corrected chi connectivity index (χ4v) is 3.12. The second kappa shape index (κ2) is 5.40. The van der Waals surface area contributed by atoms with Crippen LogP contribution >= 0.6 is 0 Å². The molecular formula is C14H22N4O3. The number of ether oxygens (including phenoxy) is 1. The summed E-state index contributed by atoms with van der Waals surface area (Å²) in [6.07, 6.45) is 1.94. The smallest absolute Gasteiger partial charge is 0.240 e. The molecular weight excluding hydrogens is 272 g/mol. The summed E-state index contributed by atoms with van der Waals surface area (Å²) in [6.45, 7) is 5.40. The summed E-state index contributed by atoms with van der Waals surface area (Å²) in [5, 5.41) is 12.6. The summed E-state index contributed by atoms with van der Waals surface area (Å²) in [6, 6.07) is -0.256. The lowest BCUT2D eigenvalue weighted by molar-refractivity contribution is -0.168. The van der Waals surface area contributed by atoms with E-state index in [-0.39, 0.29) is 24.7 Å². The minimum absolute atomic E-state index is 0.0541. The van der Waals surface area contributed by atoms with E-state index in [0.29, 0.717) is 26.1 Å². The van der Waals surface area contributed by atoms with E-state index in [0.717, 1.165) is 11.4 Å². The number of nitrogens with one attached hydrogen (secondary N) is 2. The maximum Gasteiger partial charge on any atom is 0.240 e. The maximum atomic E-state index is 12.7. The van der Waals surface area contributed by atoms with Crippen molar-refractivity contribution >= 4 is 5.91 Å². The minimum Gasteiger partial charge on any atom is -0.394 e. The molecule has 0 bridgehead atoms. The van der Waals surface area contributed by atoms with Crippen LogP contribution in [0.1, 0.15) is 25.2 Å². The first-order valence-electron chi connectivity index (χ1n) is 7.30. The molecule has 0 radical (unpaired) electrons. The molecule has 2 unspecified atom stereocenters. The summed E-state index contributed by atoms with van der Waals surface area (Å²) in [4.78, 5) is 21.9. The minimum atomic E-state index is -0.437. The Balaban J connectivity index is 1.70. The molecule has 0 aliphatic carbocycles. The van der Waals surface area contributed by atoms with Gasteiger partial charge in [0.2, 0.25) is 5.91 Å². The quantitative estimate of drug-likeness (QED) is 0.679. The Morgan fingerprint density at radius 2 is 2.43 bits per heavy atom. The molecule has 1 amide bonds. The molecule has 2 atom stereocenters. The Hall–Kier alpha value is -1.44. The first-order chi connectivity index (χ1) is 9.98. The van der Waals surface area contributed by atoms with Crippen LogP contribution in [0.5, 0.6) is 0 Å². The predicted octanol–water partition coefficient (Wildman–Crippen LogP) is -0.578. The molecule has 3 N–H and O–H groups in total. The molecule has 3 heterocycles. The number of fused-ring (bicyclic) bond motifs is 1. The number of hydrogen-bond donors (Lipinski definition) is 3. The monoisotopic (exact) mass is 294 g/mol. The number of carbonyl (C=O) groups is 1. The zero-order chi connectivity index (χ0) is 15.0. The molecule has 2 aliphatic rings. The molecule has 1 fully saturated rings. The van der Waals surface area contributed by atoms with Crippen LogP contribution in [0.4, 0.5) is 0 Å². The number of aliphatic hydroxyl groups is 1. The lowest BCUT2D eigenvalue weighted by atomic mass is 10.0. The number of aromatic nitrogens is 2. The lowest BCUT2D eigenvalue weighted by Crippen LogP contribution is -2.59. The van der Waals surface area contributed by atoms with E-state index >= 15 is 0 Å². The first-order valence-corrected chi connectivity index (χ1v) is 7.30. The Bertz CT molecular complexity index is 528. The highest BCUT2D eigenvalue weighted by atomic mass is 16.5. The SMILES string of the molecule is CC1(C)CN(C(=O)C2Cc3nc[nH]c3CN2)CC(CO)O1. The third-order valence-electron chi connectivity index (χ3n) is 4.02. The van der Waals surface area contributed by atoms with E-state index in [1.54, 1.807) is 11.2 Å². The normalized spacial score (nSPS) is 28.2. The number of amides is 1. The molecule has 0 saturated carbocycles. The molecule has 1 saturated heterocycles. The van der Waals surface area contributed by atoms with Crippen molar-refractivity contribution in [1.29, 1.82) is 0 Å². The van der Waals surface area contributed by atoms with E-state index in [4.69, 9.17) is 4.74 Å². The van der Waals surface area contributed by atoms with Crippen molar-refractivity contribution in [3.05, 3.63) is 17.7 Å². The van der Waals surface area contributed by atoms with Gasteiger partial charge in [-0.2, -0.15) is 0 Å². The van der Waals surface area contributed by atoms with E-state index in [1.807, 2.05) is 13.8 Å². The van der Waals surface area contributed by atoms with Crippen molar-refractivity contribution in [3.63, 3.8) is 0 Å². The van der Waals surface area contributed by atoms with Gasteiger partial charge in [0.05, 0.1) is 42.1 Å². The highest BCUT2D eigenvalue weighted by molar-refractivity contribution is 5.82. The molecule has 116 valence electrons. The molecule has 7 heteroatoms. The van der Waals surface area contributed by atoms with Crippen LogP contribution in [0.25, 0.3) is 0 Å². The molecule has 7 nitrogen and oxygen atoms in total. The zero-order valence-electron chi connectivity index (χ0n) is 12.4. The Labute approximate surface area is 123 Å². The van der Waals surface area contributed by atoms with Crippen LogP contribution in [-0.2, 0) is 22.5 Å². The first kappa shape index (κ1) is 14.5. The molecule has 0 spiro atoms. The Morgan fingerprint density at radius 3 is 3.19 bits per heavy atom. The van der Waals surface area contributed by atoms with E-state index < -0.39 is 5.60 Å². The number of nitrogens with zero attached hydrogens (tertiary/aromatic N) is 2. The van der Waals surface area contributed by atoms with Crippen molar-refractivity contribution < 1.29 is 14.6 Å². The van der Waals surface area contributed by atoms with Gasteiger partial charge in [0.15, 0.2) is 0 Å². The van der Waals surface area contributed by atoms with Crippen molar-refractivity contribution in [3.8, 4) is 0 Å². The van der Waals surface area contributed by atoms with Crippen molar-refractivity contribution in [2.45, 2.75) is 44.6 Å². The standard InChI is InChI=1S/C14H22N4O3/c1-14(2)7-18(5-9(6-19)21-14)13(20)11-3-10-12(4-15-11)17-8-16-10/h8-9,11,15,19H,3-7H2,1-2H3,(H,16,17). The second-order valence-electron chi connectivity index (χ2n) is 6.37. The third kappa shape index (κ3) is 2.95. The van der Waals surface area contributed by atoms with Crippen LogP contribution in [0.3, 0.4) is 0 Å². The summed E-state index contributed by atoms with van der Waals surface area (Å²) >= 11 is 0. The van der Waals surface area contributed by atoms with Gasteiger partial charge in [-0.3, -0.25) is 10.1 Å². The number of aliphatic hydroxyl groups excluding tert-OH is 1. The summed E-state index contributed by atoms with van der Waals surface area (Å²) < 4.78 is 5.75. The molecule has 3 rings (SSSR count). The summed E-state index contributed by atoms with van der Waals surface area (Å²) in [5.41, 5.74) is 1.57. The molecule has 0 aromatic carbocycles. The van der Waals surface area contributed by atoms with E-state index in [2.05, 4.69) is 15.3 Å². The fourth-order valence-electron chi connectivity index (χ4n) is 3.12. The largest absolute Gasteiger partial charge is 0.394 e. The van der Waals surface area contributed by atoms with Crippen LogP contribution < -0.4 is 5.32 Å². The summed E-state index contributed by atoms with van der Waals surface area (Å²) in [5.74, 6) is 0.0541. The number of morpholine rings is 1. The van der Waals surface area contributed by atoms with Crippen molar-refractivity contribution in [2.75, 3.05) is 19.7 Å². The molecule has 1 aromatic rings. The fraction of sp³-hybridized carbons (Fsp3) is 0.714. The van der Waals surface area contributed by atoms with Gasteiger partial charge in [-0.15, -0.1) is 0 Å². The summed E-state index contributed by atoms with van der Waals surface area (Å²) in [7, 11) is 0. The predicted molar refractivity (Wildman–Crippen MR) is 75.5 cm³/mol. The van der Waals surface area contributed by atoms with Crippen LogP contribution in [0.2, 0.25) is 0 Å². The number of hydrogen-bond acceptors (Lipinski definition) is 5. The van der Waals surface area contributed by atoms with Crippen LogP contribution in [0, 0.1) is 0 Å². The van der Waals surface area contributed by atoms with Gasteiger partial charge in [0, 0.05) is 26.1 Å². The van der Waals surface area contributed by atoms with E-state index in [9.17, 15) is 9.90 Å². The zero-order valence-corrected chi connectivity index (χ0v) is 12.4. The van der Waals surface area contributed by atoms with E-state index in [1.165, 1.54) is 0 Å². The van der Waals surface area contributed by atoms with Gasteiger partial charge >= 0.3 is 0 Å².